The van der Waals surface area contributed by atoms with Gasteiger partial charge in [-0.05, 0) is 69.6 Å². The highest BCUT2D eigenvalue weighted by molar-refractivity contribution is 8.00. The Hall–Kier alpha value is -1.07. The number of amides is 1. The number of hydrogen-bond donors (Lipinski definition) is 1. The molecule has 0 atom stereocenters. The van der Waals surface area contributed by atoms with Gasteiger partial charge in [-0.1, -0.05) is 0 Å². The van der Waals surface area contributed by atoms with E-state index in [4.69, 9.17) is 0 Å². The molecule has 1 aliphatic heterocycles. The zero-order chi connectivity index (χ0) is 14.9. The van der Waals surface area contributed by atoms with Crippen molar-refractivity contribution in [1.82, 2.24) is 10.2 Å². The minimum atomic E-state index is -0.248. The molecule has 0 saturated carbocycles. The van der Waals surface area contributed by atoms with Crippen LogP contribution < -0.4 is 5.32 Å². The van der Waals surface area contributed by atoms with Gasteiger partial charge in [0.15, 0.2) is 0 Å². The summed E-state index contributed by atoms with van der Waals surface area (Å²) in [5, 5.41) is 2.94. The fraction of sp³-hybridized carbons (Fsp3) is 0.562. The fourth-order valence-corrected chi connectivity index (χ4v) is 3.15. The summed E-state index contributed by atoms with van der Waals surface area (Å²) < 4.78 is 12.7. The third kappa shape index (κ3) is 6.48. The quantitative estimate of drug-likeness (QED) is 0.592. The summed E-state index contributed by atoms with van der Waals surface area (Å²) in [6.45, 7) is 4.37. The molecule has 1 heterocycles. The van der Waals surface area contributed by atoms with Gasteiger partial charge in [0.2, 0.25) is 5.91 Å². The van der Waals surface area contributed by atoms with E-state index in [9.17, 15) is 9.18 Å². The number of benzene rings is 1. The molecule has 1 fully saturated rings. The second-order valence-electron chi connectivity index (χ2n) is 5.35. The molecule has 0 bridgehead atoms. The lowest BCUT2D eigenvalue weighted by Crippen LogP contribution is -2.27. The van der Waals surface area contributed by atoms with Crippen LogP contribution >= 0.6 is 11.8 Å². The topological polar surface area (TPSA) is 32.3 Å². The Labute approximate surface area is 130 Å². The summed E-state index contributed by atoms with van der Waals surface area (Å²) in [7, 11) is 0. The summed E-state index contributed by atoms with van der Waals surface area (Å²) in [6.07, 6.45) is 4.84. The summed E-state index contributed by atoms with van der Waals surface area (Å²) in [6, 6.07) is 6.23. The number of thioether (sulfide) groups is 1. The molecular weight excluding hydrogens is 287 g/mol. The Bertz CT molecular complexity index is 432. The number of rotatable bonds is 8. The Morgan fingerprint density at radius 1 is 1.19 bits per heavy atom. The first-order chi connectivity index (χ1) is 10.2. The van der Waals surface area contributed by atoms with Crippen molar-refractivity contribution in [1.29, 1.82) is 0 Å². The highest BCUT2D eigenvalue weighted by Crippen LogP contribution is 2.17. The summed E-state index contributed by atoms with van der Waals surface area (Å²) in [5.74, 6) is 0.185. The molecule has 1 aromatic rings. The molecule has 1 amide bonds. The molecule has 2 rings (SSSR count). The Balaban J connectivity index is 1.50. The second kappa shape index (κ2) is 9.05. The van der Waals surface area contributed by atoms with Crippen LogP contribution in [0.5, 0.6) is 0 Å². The van der Waals surface area contributed by atoms with E-state index in [0.717, 1.165) is 30.8 Å². The van der Waals surface area contributed by atoms with Gasteiger partial charge >= 0.3 is 0 Å². The SMILES string of the molecule is O=C(CSc1ccc(F)cc1)NCCCCN1CCCC1. The molecule has 1 saturated heterocycles. The molecule has 0 spiro atoms. The summed E-state index contributed by atoms with van der Waals surface area (Å²) >= 11 is 1.43. The van der Waals surface area contributed by atoms with Gasteiger partial charge in [0, 0.05) is 11.4 Å². The van der Waals surface area contributed by atoms with Crippen molar-refractivity contribution in [3.05, 3.63) is 30.1 Å². The minimum Gasteiger partial charge on any atom is -0.355 e. The maximum atomic E-state index is 12.7. The molecule has 21 heavy (non-hydrogen) atoms. The Morgan fingerprint density at radius 2 is 1.90 bits per heavy atom. The van der Waals surface area contributed by atoms with Crippen LogP contribution in [0, 0.1) is 5.82 Å². The van der Waals surface area contributed by atoms with Gasteiger partial charge in [0.05, 0.1) is 5.75 Å². The van der Waals surface area contributed by atoms with Crippen molar-refractivity contribution >= 4 is 17.7 Å². The Kier molecular flexibility index (Phi) is 7.03. The van der Waals surface area contributed by atoms with Crippen LogP contribution in [0.1, 0.15) is 25.7 Å². The largest absolute Gasteiger partial charge is 0.355 e. The van der Waals surface area contributed by atoms with Crippen molar-refractivity contribution < 1.29 is 9.18 Å². The van der Waals surface area contributed by atoms with Gasteiger partial charge < -0.3 is 10.2 Å². The molecule has 3 nitrogen and oxygen atoms in total. The van der Waals surface area contributed by atoms with Crippen molar-refractivity contribution in [2.75, 3.05) is 31.9 Å². The first kappa shape index (κ1) is 16.3. The van der Waals surface area contributed by atoms with Crippen molar-refractivity contribution in [3.63, 3.8) is 0 Å². The minimum absolute atomic E-state index is 0.0468. The maximum absolute atomic E-state index is 12.7. The van der Waals surface area contributed by atoms with Gasteiger partial charge in [0.25, 0.3) is 0 Å². The predicted molar refractivity (Wildman–Crippen MR) is 85.0 cm³/mol. The van der Waals surface area contributed by atoms with E-state index in [-0.39, 0.29) is 11.7 Å². The molecule has 5 heteroatoms. The number of nitrogens with zero attached hydrogens (tertiary/aromatic N) is 1. The van der Waals surface area contributed by atoms with Crippen LogP contribution in [0.15, 0.2) is 29.2 Å². The lowest BCUT2D eigenvalue weighted by atomic mass is 10.3. The van der Waals surface area contributed by atoms with Crippen molar-refractivity contribution in [3.8, 4) is 0 Å². The van der Waals surface area contributed by atoms with Crippen LogP contribution in [0.3, 0.4) is 0 Å². The zero-order valence-electron chi connectivity index (χ0n) is 12.3. The molecule has 0 aromatic heterocycles. The normalized spacial score (nSPS) is 15.3. The number of carbonyl (C=O) groups is 1. The third-order valence-corrected chi connectivity index (χ3v) is 4.62. The predicted octanol–water partition coefficient (Wildman–Crippen LogP) is 2.91. The average Bonchev–Trinajstić information content (AvgIpc) is 2.99. The summed E-state index contributed by atoms with van der Waals surface area (Å²) in [5.41, 5.74) is 0. The van der Waals surface area contributed by atoms with E-state index in [1.54, 1.807) is 12.1 Å². The van der Waals surface area contributed by atoms with Crippen molar-refractivity contribution in [2.45, 2.75) is 30.6 Å². The van der Waals surface area contributed by atoms with E-state index in [2.05, 4.69) is 10.2 Å². The van der Waals surface area contributed by atoms with Gasteiger partial charge in [0.1, 0.15) is 5.82 Å². The molecule has 116 valence electrons. The standard InChI is InChI=1S/C16H23FN2OS/c17-14-5-7-15(8-6-14)21-13-16(20)18-9-1-2-10-19-11-3-4-12-19/h5-8H,1-4,9-13H2,(H,18,20). The number of unbranched alkanes of at least 4 members (excludes halogenated alkanes) is 1. The van der Waals surface area contributed by atoms with Crippen LogP contribution in [-0.4, -0.2) is 42.7 Å². The molecule has 0 aliphatic carbocycles. The molecule has 0 radical (unpaired) electrons. The molecule has 1 N–H and O–H groups in total. The van der Waals surface area contributed by atoms with Gasteiger partial charge in [-0.25, -0.2) is 4.39 Å². The lowest BCUT2D eigenvalue weighted by Gasteiger charge is -2.13. The van der Waals surface area contributed by atoms with Crippen LogP contribution in [0.4, 0.5) is 4.39 Å². The fourth-order valence-electron chi connectivity index (χ4n) is 2.43. The molecule has 1 aliphatic rings. The average molecular weight is 310 g/mol. The smallest absolute Gasteiger partial charge is 0.230 e. The molecular formula is C16H23FN2OS. The van der Waals surface area contributed by atoms with E-state index in [0.29, 0.717) is 5.75 Å². The van der Waals surface area contributed by atoms with Crippen LogP contribution in [0.25, 0.3) is 0 Å². The highest BCUT2D eigenvalue weighted by Gasteiger charge is 2.10. The molecule has 0 unspecified atom stereocenters. The van der Waals surface area contributed by atoms with Gasteiger partial charge in [-0.3, -0.25) is 4.79 Å². The van der Waals surface area contributed by atoms with Crippen LogP contribution in [-0.2, 0) is 4.79 Å². The molecule has 1 aromatic carbocycles. The zero-order valence-corrected chi connectivity index (χ0v) is 13.1. The second-order valence-corrected chi connectivity index (χ2v) is 6.40. The highest BCUT2D eigenvalue weighted by atomic mass is 32.2. The van der Waals surface area contributed by atoms with E-state index >= 15 is 0 Å². The summed E-state index contributed by atoms with van der Waals surface area (Å²) in [4.78, 5) is 15.1. The van der Waals surface area contributed by atoms with E-state index < -0.39 is 0 Å². The van der Waals surface area contributed by atoms with E-state index in [1.807, 2.05) is 0 Å². The van der Waals surface area contributed by atoms with Gasteiger partial charge in [-0.2, -0.15) is 0 Å². The lowest BCUT2D eigenvalue weighted by molar-refractivity contribution is -0.118. The monoisotopic (exact) mass is 310 g/mol. The number of halogens is 1. The number of hydrogen-bond acceptors (Lipinski definition) is 3. The number of carbonyl (C=O) groups excluding carboxylic acids is 1. The maximum Gasteiger partial charge on any atom is 0.230 e. The third-order valence-electron chi connectivity index (χ3n) is 3.61. The number of likely N-dealkylation sites (tertiary alicyclic amines) is 1. The van der Waals surface area contributed by atoms with Crippen LogP contribution in [0.2, 0.25) is 0 Å². The number of nitrogens with one attached hydrogen (secondary N) is 1. The van der Waals surface area contributed by atoms with Gasteiger partial charge in [-0.15, -0.1) is 11.8 Å². The Morgan fingerprint density at radius 3 is 2.62 bits per heavy atom. The van der Waals surface area contributed by atoms with Crippen molar-refractivity contribution in [2.24, 2.45) is 0 Å². The first-order valence-electron chi connectivity index (χ1n) is 7.61. The first-order valence-corrected chi connectivity index (χ1v) is 8.60. The van der Waals surface area contributed by atoms with E-state index in [1.165, 1.54) is 49.8 Å².